The maximum atomic E-state index is 13.1. The Morgan fingerprint density at radius 2 is 1.96 bits per heavy atom. The van der Waals surface area contributed by atoms with Gasteiger partial charge in [-0.25, -0.2) is 0 Å². The van der Waals surface area contributed by atoms with Gasteiger partial charge < -0.3 is 0 Å². The fourth-order valence-corrected chi connectivity index (χ4v) is 2.91. The van der Waals surface area contributed by atoms with Crippen LogP contribution in [0.2, 0.25) is 0 Å². The molecule has 0 N–H and O–H groups in total. The average Bonchev–Trinajstić information content (AvgIpc) is 2.93. The van der Waals surface area contributed by atoms with Gasteiger partial charge in [0.25, 0.3) is 5.56 Å². The van der Waals surface area contributed by atoms with Gasteiger partial charge in [0.15, 0.2) is 0 Å². The van der Waals surface area contributed by atoms with Crippen molar-refractivity contribution in [3.05, 3.63) is 50.5 Å². The molecular formula is C14H12BrF3N4O. The lowest BCUT2D eigenvalue weighted by atomic mass is 10.2. The Bertz CT molecular complexity index is 951. The molecule has 23 heavy (non-hydrogen) atoms. The highest BCUT2D eigenvalue weighted by atomic mass is 79.9. The van der Waals surface area contributed by atoms with E-state index in [2.05, 4.69) is 21.0 Å². The number of alkyl halides is 3. The smallest absolute Gasteiger partial charge is 0.276 e. The molecule has 0 atom stereocenters. The number of halogens is 4. The molecule has 5 nitrogen and oxygen atoms in total. The highest BCUT2D eigenvalue weighted by Gasteiger charge is 2.36. The summed E-state index contributed by atoms with van der Waals surface area (Å²) in [4.78, 5) is 12.2. The van der Waals surface area contributed by atoms with Crippen LogP contribution in [0.1, 0.15) is 11.3 Å². The van der Waals surface area contributed by atoms with Crippen molar-refractivity contribution >= 4 is 26.8 Å². The summed E-state index contributed by atoms with van der Waals surface area (Å²) >= 11 is 3.31. The normalized spacial score (nSPS) is 12.3. The summed E-state index contributed by atoms with van der Waals surface area (Å²) in [7, 11) is 2.95. The van der Waals surface area contributed by atoms with Gasteiger partial charge in [-0.3, -0.25) is 18.8 Å². The van der Waals surface area contributed by atoms with Crippen LogP contribution in [0.25, 0.3) is 10.9 Å². The summed E-state index contributed by atoms with van der Waals surface area (Å²) in [5.74, 6) is 0. The first-order valence-corrected chi connectivity index (χ1v) is 7.42. The molecule has 3 rings (SSSR count). The third-order valence-electron chi connectivity index (χ3n) is 3.63. The lowest BCUT2D eigenvalue weighted by Crippen LogP contribution is -2.21. The van der Waals surface area contributed by atoms with Gasteiger partial charge in [-0.15, -0.1) is 0 Å². The van der Waals surface area contributed by atoms with Gasteiger partial charge in [-0.05, 0) is 18.2 Å². The van der Waals surface area contributed by atoms with E-state index in [4.69, 9.17) is 0 Å². The maximum Gasteiger partial charge on any atom is 0.419 e. The molecule has 0 aliphatic rings. The van der Waals surface area contributed by atoms with Gasteiger partial charge in [0, 0.05) is 24.8 Å². The summed E-state index contributed by atoms with van der Waals surface area (Å²) in [5.41, 5.74) is -0.653. The molecule has 0 radical (unpaired) electrons. The lowest BCUT2D eigenvalue weighted by molar-refractivity contribution is -0.138. The van der Waals surface area contributed by atoms with Crippen LogP contribution in [0, 0.1) is 0 Å². The van der Waals surface area contributed by atoms with Gasteiger partial charge in [0.2, 0.25) is 0 Å². The van der Waals surface area contributed by atoms with Crippen LogP contribution in [0.5, 0.6) is 0 Å². The predicted octanol–water partition coefficient (Wildman–Crippen LogP) is 2.90. The third kappa shape index (κ3) is 2.69. The van der Waals surface area contributed by atoms with E-state index in [1.165, 1.54) is 23.5 Å². The standard InChI is InChI=1S/C14H12BrF3N4O/c1-20-6-10(14(16,17)18)11(19-20)7-22-12-5-8(15)3-4-9(12)13(23)21(22)2/h3-6H,7H2,1-2H3. The van der Waals surface area contributed by atoms with Crippen LogP contribution in [0.15, 0.2) is 33.7 Å². The monoisotopic (exact) mass is 388 g/mol. The van der Waals surface area contributed by atoms with Crippen LogP contribution in [0.4, 0.5) is 13.2 Å². The number of benzene rings is 1. The van der Waals surface area contributed by atoms with Gasteiger partial charge in [-0.1, -0.05) is 15.9 Å². The fraction of sp³-hybridized carbons (Fsp3) is 0.286. The lowest BCUT2D eigenvalue weighted by Gasteiger charge is -2.10. The molecule has 2 heterocycles. The SMILES string of the molecule is Cn1cc(C(F)(F)F)c(Cn2c3cc(Br)ccc3c(=O)n2C)n1. The second-order valence-electron chi connectivity index (χ2n) is 5.21. The zero-order valence-electron chi connectivity index (χ0n) is 12.2. The molecule has 0 aliphatic carbocycles. The van der Waals surface area contributed by atoms with Crippen LogP contribution < -0.4 is 5.56 Å². The molecular weight excluding hydrogens is 377 g/mol. The molecule has 0 amide bonds. The molecule has 0 fully saturated rings. The first-order valence-electron chi connectivity index (χ1n) is 6.63. The number of hydrogen-bond acceptors (Lipinski definition) is 2. The molecule has 2 aromatic heterocycles. The average molecular weight is 389 g/mol. The van der Waals surface area contributed by atoms with E-state index in [9.17, 15) is 18.0 Å². The predicted molar refractivity (Wildman–Crippen MR) is 82.2 cm³/mol. The zero-order chi connectivity index (χ0) is 16.9. The molecule has 9 heteroatoms. The van der Waals surface area contributed by atoms with E-state index in [1.807, 2.05) is 0 Å². The second-order valence-corrected chi connectivity index (χ2v) is 6.12. The molecule has 1 aromatic carbocycles. The molecule has 122 valence electrons. The first kappa shape index (κ1) is 15.9. The van der Waals surface area contributed by atoms with Crippen molar-refractivity contribution in [1.82, 2.24) is 19.1 Å². The topological polar surface area (TPSA) is 44.8 Å². The third-order valence-corrected chi connectivity index (χ3v) is 4.13. The molecule has 0 spiro atoms. The molecule has 0 aliphatic heterocycles. The number of rotatable bonds is 2. The Balaban J connectivity index is 2.19. The Kier molecular flexibility index (Phi) is 3.62. The van der Waals surface area contributed by atoms with Crippen LogP contribution in [-0.2, 0) is 26.8 Å². The number of aryl methyl sites for hydroxylation is 1. The first-order chi connectivity index (χ1) is 10.7. The fourth-order valence-electron chi connectivity index (χ4n) is 2.57. The molecule has 0 bridgehead atoms. The molecule has 0 unspecified atom stereocenters. The summed E-state index contributed by atoms with van der Waals surface area (Å²) in [6.45, 7) is -0.151. The van der Waals surface area contributed by atoms with E-state index in [1.54, 1.807) is 18.2 Å². The minimum absolute atomic E-state index is 0.132. The minimum Gasteiger partial charge on any atom is -0.276 e. The number of aromatic nitrogens is 4. The van der Waals surface area contributed by atoms with E-state index < -0.39 is 11.7 Å². The summed E-state index contributed by atoms with van der Waals surface area (Å²) in [5, 5.41) is 4.35. The molecule has 3 aromatic rings. The summed E-state index contributed by atoms with van der Waals surface area (Å²) < 4.78 is 44.0. The maximum absolute atomic E-state index is 13.1. The van der Waals surface area contributed by atoms with Crippen molar-refractivity contribution in [3.8, 4) is 0 Å². The Morgan fingerprint density at radius 3 is 2.61 bits per heavy atom. The van der Waals surface area contributed by atoms with Crippen LogP contribution in [0.3, 0.4) is 0 Å². The van der Waals surface area contributed by atoms with Gasteiger partial charge >= 0.3 is 6.18 Å². The van der Waals surface area contributed by atoms with Crippen molar-refractivity contribution in [2.45, 2.75) is 12.7 Å². The van der Waals surface area contributed by atoms with E-state index in [0.29, 0.717) is 10.9 Å². The Labute approximate surface area is 137 Å². The van der Waals surface area contributed by atoms with Crippen molar-refractivity contribution in [2.75, 3.05) is 0 Å². The van der Waals surface area contributed by atoms with Gasteiger partial charge in [0.05, 0.1) is 28.7 Å². The highest BCUT2D eigenvalue weighted by Crippen LogP contribution is 2.32. The number of nitrogens with zero attached hydrogens (tertiary/aromatic N) is 4. The Hall–Kier alpha value is -2.03. The van der Waals surface area contributed by atoms with Gasteiger partial charge in [0.1, 0.15) is 0 Å². The van der Waals surface area contributed by atoms with Crippen molar-refractivity contribution < 1.29 is 13.2 Å². The van der Waals surface area contributed by atoms with E-state index in [0.717, 1.165) is 15.4 Å². The van der Waals surface area contributed by atoms with Crippen molar-refractivity contribution in [2.24, 2.45) is 14.1 Å². The highest BCUT2D eigenvalue weighted by molar-refractivity contribution is 9.10. The summed E-state index contributed by atoms with van der Waals surface area (Å²) in [6.07, 6.45) is -3.55. The Morgan fingerprint density at radius 1 is 1.26 bits per heavy atom. The molecule has 0 saturated heterocycles. The van der Waals surface area contributed by atoms with Crippen LogP contribution in [-0.4, -0.2) is 19.1 Å². The van der Waals surface area contributed by atoms with E-state index in [-0.39, 0.29) is 17.8 Å². The zero-order valence-corrected chi connectivity index (χ0v) is 13.8. The largest absolute Gasteiger partial charge is 0.419 e. The molecule has 0 saturated carbocycles. The number of fused-ring (bicyclic) bond motifs is 1. The van der Waals surface area contributed by atoms with Crippen LogP contribution >= 0.6 is 15.9 Å². The summed E-state index contributed by atoms with van der Waals surface area (Å²) in [6, 6.07) is 5.06. The number of hydrogen-bond donors (Lipinski definition) is 0. The minimum atomic E-state index is -4.49. The quantitative estimate of drug-likeness (QED) is 0.677. The van der Waals surface area contributed by atoms with Crippen molar-refractivity contribution in [3.63, 3.8) is 0 Å². The second kappa shape index (κ2) is 5.26. The van der Waals surface area contributed by atoms with Gasteiger partial charge in [-0.2, -0.15) is 18.3 Å². The van der Waals surface area contributed by atoms with Crippen molar-refractivity contribution in [1.29, 1.82) is 0 Å². The van der Waals surface area contributed by atoms with E-state index >= 15 is 0 Å².